The molecule has 0 aliphatic heterocycles. The zero-order valence-electron chi connectivity index (χ0n) is 7.55. The van der Waals surface area contributed by atoms with Gasteiger partial charge in [-0.1, -0.05) is 15.9 Å². The molecule has 0 unspecified atom stereocenters. The van der Waals surface area contributed by atoms with E-state index < -0.39 is 0 Å². The van der Waals surface area contributed by atoms with Gasteiger partial charge in [0.25, 0.3) is 0 Å². The van der Waals surface area contributed by atoms with Gasteiger partial charge < -0.3 is 5.32 Å². The number of halogens is 2. The molecule has 1 aromatic rings. The summed E-state index contributed by atoms with van der Waals surface area (Å²) in [6.45, 7) is 0. The largest absolute Gasteiger partial charge is 0.356 e. The molecular formula is C10H9BrFNO. The summed E-state index contributed by atoms with van der Waals surface area (Å²) in [6.07, 6.45) is 2.71. The van der Waals surface area contributed by atoms with Crippen molar-refractivity contribution in [2.24, 2.45) is 0 Å². The first-order valence-corrected chi connectivity index (χ1v) is 4.77. The molecule has 0 fully saturated rings. The summed E-state index contributed by atoms with van der Waals surface area (Å²) in [7, 11) is 1.52. The standard InChI is InChI=1S/C10H9BrFNO/c1-13-10(14)5-2-7-6-8(11)3-4-9(7)12/h2-6H,1H3,(H,13,14)/b5-2-. The van der Waals surface area contributed by atoms with Crippen molar-refractivity contribution in [2.45, 2.75) is 0 Å². The third-order valence-electron chi connectivity index (χ3n) is 1.62. The van der Waals surface area contributed by atoms with Gasteiger partial charge in [-0.15, -0.1) is 0 Å². The Morgan fingerprint density at radius 2 is 2.29 bits per heavy atom. The molecular weight excluding hydrogens is 249 g/mol. The van der Waals surface area contributed by atoms with E-state index in [-0.39, 0.29) is 11.7 Å². The Balaban J connectivity index is 2.90. The van der Waals surface area contributed by atoms with Crippen LogP contribution in [-0.2, 0) is 4.79 Å². The number of likely N-dealkylation sites (N-methyl/N-ethyl adjacent to an activating group) is 1. The zero-order chi connectivity index (χ0) is 10.6. The van der Waals surface area contributed by atoms with Crippen LogP contribution in [0.15, 0.2) is 28.7 Å². The zero-order valence-corrected chi connectivity index (χ0v) is 9.14. The summed E-state index contributed by atoms with van der Waals surface area (Å²) in [5, 5.41) is 2.41. The quantitative estimate of drug-likeness (QED) is 0.810. The minimum Gasteiger partial charge on any atom is -0.356 e. The van der Waals surface area contributed by atoms with Crippen LogP contribution in [0.5, 0.6) is 0 Å². The lowest BCUT2D eigenvalue weighted by molar-refractivity contribution is -0.115. The molecule has 14 heavy (non-hydrogen) atoms. The maximum absolute atomic E-state index is 13.1. The minimum atomic E-state index is -0.353. The van der Waals surface area contributed by atoms with Crippen molar-refractivity contribution in [2.75, 3.05) is 7.05 Å². The Kier molecular flexibility index (Phi) is 3.83. The van der Waals surface area contributed by atoms with Gasteiger partial charge >= 0.3 is 0 Å². The molecule has 1 N–H and O–H groups in total. The molecule has 2 nitrogen and oxygen atoms in total. The van der Waals surface area contributed by atoms with Crippen molar-refractivity contribution in [3.05, 3.63) is 40.1 Å². The molecule has 0 radical (unpaired) electrons. The summed E-state index contributed by atoms with van der Waals surface area (Å²) in [4.78, 5) is 10.8. The Hall–Kier alpha value is -1.16. The molecule has 1 rings (SSSR count). The monoisotopic (exact) mass is 257 g/mol. The van der Waals surface area contributed by atoms with E-state index in [0.717, 1.165) is 4.47 Å². The highest BCUT2D eigenvalue weighted by atomic mass is 79.9. The average molecular weight is 258 g/mol. The number of carbonyl (C=O) groups excluding carboxylic acids is 1. The van der Waals surface area contributed by atoms with Gasteiger partial charge in [0.15, 0.2) is 0 Å². The molecule has 0 aliphatic rings. The second-order valence-corrected chi connectivity index (χ2v) is 3.53. The fourth-order valence-corrected chi connectivity index (χ4v) is 1.27. The molecule has 0 heterocycles. The van der Waals surface area contributed by atoms with Gasteiger partial charge in [0, 0.05) is 23.2 Å². The van der Waals surface area contributed by atoms with Crippen LogP contribution in [0, 0.1) is 5.82 Å². The van der Waals surface area contributed by atoms with Crippen molar-refractivity contribution in [1.82, 2.24) is 5.32 Å². The number of benzene rings is 1. The lowest BCUT2D eigenvalue weighted by Gasteiger charge is -1.97. The number of amides is 1. The van der Waals surface area contributed by atoms with Gasteiger partial charge in [0.1, 0.15) is 5.82 Å². The highest BCUT2D eigenvalue weighted by Gasteiger charge is 1.99. The van der Waals surface area contributed by atoms with Gasteiger partial charge in [-0.05, 0) is 24.3 Å². The van der Waals surface area contributed by atoms with Gasteiger partial charge in [-0.25, -0.2) is 4.39 Å². The summed E-state index contributed by atoms with van der Waals surface area (Å²) in [5.74, 6) is -0.613. The molecule has 74 valence electrons. The molecule has 1 aromatic carbocycles. The summed E-state index contributed by atoms with van der Waals surface area (Å²) >= 11 is 3.22. The number of rotatable bonds is 2. The van der Waals surface area contributed by atoms with E-state index >= 15 is 0 Å². The SMILES string of the molecule is CNC(=O)/C=C\c1cc(Br)ccc1F. The highest BCUT2D eigenvalue weighted by molar-refractivity contribution is 9.10. The van der Waals surface area contributed by atoms with Crippen molar-refractivity contribution in [3.63, 3.8) is 0 Å². The van der Waals surface area contributed by atoms with Crippen molar-refractivity contribution < 1.29 is 9.18 Å². The fourth-order valence-electron chi connectivity index (χ4n) is 0.891. The molecule has 0 aliphatic carbocycles. The molecule has 0 spiro atoms. The second-order valence-electron chi connectivity index (χ2n) is 2.61. The minimum absolute atomic E-state index is 0.260. The van der Waals surface area contributed by atoms with Crippen LogP contribution in [0.4, 0.5) is 4.39 Å². The fraction of sp³-hybridized carbons (Fsp3) is 0.100. The van der Waals surface area contributed by atoms with Gasteiger partial charge in [-0.3, -0.25) is 4.79 Å². The molecule has 0 atom stereocenters. The summed E-state index contributed by atoms with van der Waals surface area (Å²) in [6, 6.07) is 4.55. The Morgan fingerprint density at radius 1 is 1.57 bits per heavy atom. The lowest BCUT2D eigenvalue weighted by atomic mass is 10.2. The first kappa shape index (κ1) is 10.9. The molecule has 0 saturated heterocycles. The van der Waals surface area contributed by atoms with Crippen LogP contribution < -0.4 is 5.32 Å². The molecule has 0 aromatic heterocycles. The van der Waals surface area contributed by atoms with E-state index in [2.05, 4.69) is 21.2 Å². The summed E-state index contributed by atoms with van der Waals surface area (Å²) < 4.78 is 13.9. The van der Waals surface area contributed by atoms with E-state index in [0.29, 0.717) is 5.56 Å². The first-order chi connectivity index (χ1) is 6.63. The van der Waals surface area contributed by atoms with E-state index in [9.17, 15) is 9.18 Å². The maximum Gasteiger partial charge on any atom is 0.243 e. The van der Waals surface area contributed by atoms with Crippen LogP contribution in [0.3, 0.4) is 0 Å². The van der Waals surface area contributed by atoms with Gasteiger partial charge in [-0.2, -0.15) is 0 Å². The smallest absolute Gasteiger partial charge is 0.243 e. The van der Waals surface area contributed by atoms with E-state index in [1.165, 1.54) is 25.3 Å². The second kappa shape index (κ2) is 4.91. The predicted octanol–water partition coefficient (Wildman–Crippen LogP) is 2.35. The molecule has 0 bridgehead atoms. The topological polar surface area (TPSA) is 29.1 Å². The first-order valence-electron chi connectivity index (χ1n) is 3.98. The summed E-state index contributed by atoms with van der Waals surface area (Å²) in [5.41, 5.74) is 0.378. The van der Waals surface area contributed by atoms with E-state index in [1.807, 2.05) is 0 Å². The maximum atomic E-state index is 13.1. The third kappa shape index (κ3) is 2.96. The van der Waals surface area contributed by atoms with Gasteiger partial charge in [0.2, 0.25) is 5.91 Å². The third-order valence-corrected chi connectivity index (χ3v) is 2.11. The average Bonchev–Trinajstić information content (AvgIpc) is 2.19. The Bertz CT molecular complexity index is 376. The van der Waals surface area contributed by atoms with E-state index in [1.54, 1.807) is 12.1 Å². The van der Waals surface area contributed by atoms with E-state index in [4.69, 9.17) is 0 Å². The van der Waals surface area contributed by atoms with Crippen LogP contribution >= 0.6 is 15.9 Å². The molecule has 4 heteroatoms. The predicted molar refractivity (Wildman–Crippen MR) is 57.2 cm³/mol. The molecule has 1 amide bonds. The Morgan fingerprint density at radius 3 is 2.93 bits per heavy atom. The molecule has 0 saturated carbocycles. The normalized spacial score (nSPS) is 10.5. The number of carbonyl (C=O) groups is 1. The van der Waals surface area contributed by atoms with Crippen molar-refractivity contribution >= 4 is 27.9 Å². The number of hydrogen-bond acceptors (Lipinski definition) is 1. The van der Waals surface area contributed by atoms with Crippen LogP contribution in [0.1, 0.15) is 5.56 Å². The lowest BCUT2D eigenvalue weighted by Crippen LogP contribution is -2.13. The van der Waals surface area contributed by atoms with Crippen molar-refractivity contribution in [3.8, 4) is 0 Å². The van der Waals surface area contributed by atoms with Crippen LogP contribution in [0.25, 0.3) is 6.08 Å². The van der Waals surface area contributed by atoms with Crippen molar-refractivity contribution in [1.29, 1.82) is 0 Å². The van der Waals surface area contributed by atoms with Crippen LogP contribution in [0.2, 0.25) is 0 Å². The van der Waals surface area contributed by atoms with Gasteiger partial charge in [0.05, 0.1) is 0 Å². The number of hydrogen-bond donors (Lipinski definition) is 1. The number of nitrogens with one attached hydrogen (secondary N) is 1. The van der Waals surface area contributed by atoms with Crippen LogP contribution in [-0.4, -0.2) is 13.0 Å². The Labute approximate surface area is 89.9 Å². The highest BCUT2D eigenvalue weighted by Crippen LogP contribution is 2.16.